The van der Waals surface area contributed by atoms with Crippen molar-refractivity contribution in [2.75, 3.05) is 33.2 Å². The Morgan fingerprint density at radius 1 is 1.24 bits per heavy atom. The van der Waals surface area contributed by atoms with Crippen LogP contribution in [-0.2, 0) is 0 Å². The van der Waals surface area contributed by atoms with Gasteiger partial charge in [0.05, 0.1) is 0 Å². The normalized spacial score (nSPS) is 19.4. The Labute approximate surface area is 127 Å². The SMILES string of the molecule is Cc1ccc(C(=O)NCCNCC2CCCCN2C)cc1. The lowest BCUT2D eigenvalue weighted by atomic mass is 10.0. The molecule has 1 fully saturated rings. The summed E-state index contributed by atoms with van der Waals surface area (Å²) in [6.07, 6.45) is 3.93. The third-order valence-corrected chi connectivity index (χ3v) is 4.20. The van der Waals surface area contributed by atoms with Crippen molar-refractivity contribution in [2.24, 2.45) is 0 Å². The molecule has 2 rings (SSSR count). The highest BCUT2D eigenvalue weighted by molar-refractivity contribution is 5.94. The van der Waals surface area contributed by atoms with E-state index in [0.29, 0.717) is 12.6 Å². The largest absolute Gasteiger partial charge is 0.351 e. The smallest absolute Gasteiger partial charge is 0.251 e. The highest BCUT2D eigenvalue weighted by Crippen LogP contribution is 2.13. The number of likely N-dealkylation sites (tertiary alicyclic amines) is 1. The molecule has 1 aliphatic rings. The van der Waals surface area contributed by atoms with Crippen LogP contribution < -0.4 is 10.6 Å². The minimum absolute atomic E-state index is 0.00610. The lowest BCUT2D eigenvalue weighted by Gasteiger charge is -2.32. The molecule has 1 saturated heterocycles. The summed E-state index contributed by atoms with van der Waals surface area (Å²) in [6.45, 7) is 5.73. The number of nitrogens with one attached hydrogen (secondary N) is 2. The minimum atomic E-state index is 0.00610. The van der Waals surface area contributed by atoms with Crippen LogP contribution in [0.15, 0.2) is 24.3 Å². The van der Waals surface area contributed by atoms with Gasteiger partial charge < -0.3 is 15.5 Å². The number of nitrogens with zero attached hydrogens (tertiary/aromatic N) is 1. The Balaban J connectivity index is 1.61. The molecule has 1 aromatic rings. The summed E-state index contributed by atoms with van der Waals surface area (Å²) < 4.78 is 0. The number of carbonyl (C=O) groups is 1. The predicted octanol–water partition coefficient (Wildman–Crippen LogP) is 1.80. The van der Waals surface area contributed by atoms with E-state index in [1.165, 1.54) is 31.4 Å². The van der Waals surface area contributed by atoms with Gasteiger partial charge in [-0.05, 0) is 45.5 Å². The van der Waals surface area contributed by atoms with Gasteiger partial charge >= 0.3 is 0 Å². The van der Waals surface area contributed by atoms with Gasteiger partial charge in [0.1, 0.15) is 0 Å². The molecule has 0 aromatic heterocycles. The Hall–Kier alpha value is -1.39. The quantitative estimate of drug-likeness (QED) is 0.785. The van der Waals surface area contributed by atoms with Gasteiger partial charge in [0.25, 0.3) is 5.91 Å². The maximum atomic E-state index is 11.9. The zero-order chi connectivity index (χ0) is 15.1. The zero-order valence-electron chi connectivity index (χ0n) is 13.2. The predicted molar refractivity (Wildman–Crippen MR) is 86.7 cm³/mol. The highest BCUT2D eigenvalue weighted by atomic mass is 16.1. The van der Waals surface area contributed by atoms with E-state index in [-0.39, 0.29) is 5.91 Å². The first kappa shape index (κ1) is 16.0. The van der Waals surface area contributed by atoms with Crippen molar-refractivity contribution < 1.29 is 4.79 Å². The second-order valence-electron chi connectivity index (χ2n) is 5.96. The number of amides is 1. The molecule has 1 aliphatic heterocycles. The van der Waals surface area contributed by atoms with Crippen LogP contribution in [0.2, 0.25) is 0 Å². The molecular weight excluding hydrogens is 262 g/mol. The van der Waals surface area contributed by atoms with Crippen LogP contribution in [0.3, 0.4) is 0 Å². The van der Waals surface area contributed by atoms with E-state index in [1.54, 1.807) is 0 Å². The lowest BCUT2D eigenvalue weighted by Crippen LogP contribution is -2.44. The molecule has 1 aromatic carbocycles. The highest BCUT2D eigenvalue weighted by Gasteiger charge is 2.17. The van der Waals surface area contributed by atoms with Crippen molar-refractivity contribution in [1.82, 2.24) is 15.5 Å². The van der Waals surface area contributed by atoms with Gasteiger partial charge in [0, 0.05) is 31.2 Å². The van der Waals surface area contributed by atoms with Crippen LogP contribution in [0.1, 0.15) is 35.2 Å². The van der Waals surface area contributed by atoms with Crippen molar-refractivity contribution in [2.45, 2.75) is 32.2 Å². The minimum Gasteiger partial charge on any atom is -0.351 e. The fourth-order valence-electron chi connectivity index (χ4n) is 2.74. The van der Waals surface area contributed by atoms with E-state index in [2.05, 4.69) is 22.6 Å². The molecule has 0 radical (unpaired) electrons. The van der Waals surface area contributed by atoms with Gasteiger partial charge in [-0.15, -0.1) is 0 Å². The lowest BCUT2D eigenvalue weighted by molar-refractivity contribution is 0.0953. The van der Waals surface area contributed by atoms with Gasteiger partial charge in [0.15, 0.2) is 0 Å². The van der Waals surface area contributed by atoms with E-state index >= 15 is 0 Å². The molecule has 0 saturated carbocycles. The molecule has 116 valence electrons. The Morgan fingerprint density at radius 2 is 2.00 bits per heavy atom. The van der Waals surface area contributed by atoms with E-state index in [1.807, 2.05) is 31.2 Å². The second kappa shape index (κ2) is 8.15. The number of benzene rings is 1. The van der Waals surface area contributed by atoms with Crippen LogP contribution in [0.5, 0.6) is 0 Å². The van der Waals surface area contributed by atoms with E-state index in [0.717, 1.165) is 18.7 Å². The first-order valence-electron chi connectivity index (χ1n) is 7.92. The van der Waals surface area contributed by atoms with Crippen molar-refractivity contribution in [1.29, 1.82) is 0 Å². The molecule has 4 heteroatoms. The second-order valence-corrected chi connectivity index (χ2v) is 5.96. The van der Waals surface area contributed by atoms with Gasteiger partial charge in [-0.1, -0.05) is 24.1 Å². The maximum Gasteiger partial charge on any atom is 0.251 e. The van der Waals surface area contributed by atoms with Crippen LogP contribution in [-0.4, -0.2) is 50.1 Å². The number of aryl methyl sites for hydroxylation is 1. The van der Waals surface area contributed by atoms with Crippen molar-refractivity contribution in [3.05, 3.63) is 35.4 Å². The van der Waals surface area contributed by atoms with Gasteiger partial charge in [0.2, 0.25) is 0 Å². The van der Waals surface area contributed by atoms with Crippen molar-refractivity contribution in [3.63, 3.8) is 0 Å². The van der Waals surface area contributed by atoms with Crippen LogP contribution in [0.4, 0.5) is 0 Å². The third kappa shape index (κ3) is 5.14. The molecule has 0 bridgehead atoms. The first-order chi connectivity index (χ1) is 10.2. The monoisotopic (exact) mass is 289 g/mol. The standard InChI is InChI=1S/C17H27N3O/c1-14-6-8-15(9-7-14)17(21)19-11-10-18-13-16-5-3-4-12-20(16)2/h6-9,16,18H,3-5,10-13H2,1-2H3,(H,19,21). The van der Waals surface area contributed by atoms with Crippen molar-refractivity contribution >= 4 is 5.91 Å². The summed E-state index contributed by atoms with van der Waals surface area (Å²) in [5.74, 6) is 0.00610. The Morgan fingerprint density at radius 3 is 2.71 bits per heavy atom. The van der Waals surface area contributed by atoms with Crippen LogP contribution >= 0.6 is 0 Å². The molecule has 0 aliphatic carbocycles. The van der Waals surface area contributed by atoms with E-state index in [9.17, 15) is 4.79 Å². The van der Waals surface area contributed by atoms with Gasteiger partial charge in [-0.25, -0.2) is 0 Å². The molecule has 1 heterocycles. The first-order valence-corrected chi connectivity index (χ1v) is 7.92. The summed E-state index contributed by atoms with van der Waals surface area (Å²) in [5.41, 5.74) is 1.90. The summed E-state index contributed by atoms with van der Waals surface area (Å²) >= 11 is 0. The molecule has 21 heavy (non-hydrogen) atoms. The fourth-order valence-corrected chi connectivity index (χ4v) is 2.74. The molecule has 4 nitrogen and oxygen atoms in total. The number of likely N-dealkylation sites (N-methyl/N-ethyl adjacent to an activating group) is 1. The number of piperidine rings is 1. The van der Waals surface area contributed by atoms with Crippen LogP contribution in [0.25, 0.3) is 0 Å². The average Bonchev–Trinajstić information content (AvgIpc) is 2.49. The Bertz CT molecular complexity index is 444. The number of carbonyl (C=O) groups excluding carboxylic acids is 1. The van der Waals surface area contributed by atoms with Gasteiger partial charge in [-0.2, -0.15) is 0 Å². The summed E-state index contributed by atoms with van der Waals surface area (Å²) in [6, 6.07) is 8.31. The van der Waals surface area contributed by atoms with E-state index in [4.69, 9.17) is 0 Å². The third-order valence-electron chi connectivity index (χ3n) is 4.20. The summed E-state index contributed by atoms with van der Waals surface area (Å²) in [7, 11) is 2.20. The fraction of sp³-hybridized carbons (Fsp3) is 0.588. The number of hydrogen-bond acceptors (Lipinski definition) is 3. The maximum absolute atomic E-state index is 11.9. The van der Waals surface area contributed by atoms with Crippen molar-refractivity contribution in [3.8, 4) is 0 Å². The molecule has 1 amide bonds. The molecular formula is C17H27N3O. The van der Waals surface area contributed by atoms with E-state index < -0.39 is 0 Å². The number of hydrogen-bond donors (Lipinski definition) is 2. The Kier molecular flexibility index (Phi) is 6.21. The zero-order valence-corrected chi connectivity index (χ0v) is 13.2. The molecule has 1 atom stereocenters. The number of rotatable bonds is 6. The topological polar surface area (TPSA) is 44.4 Å². The summed E-state index contributed by atoms with van der Waals surface area (Å²) in [5, 5.41) is 6.40. The molecule has 2 N–H and O–H groups in total. The molecule has 0 spiro atoms. The van der Waals surface area contributed by atoms with Crippen LogP contribution in [0, 0.1) is 6.92 Å². The summed E-state index contributed by atoms with van der Waals surface area (Å²) in [4.78, 5) is 14.4. The average molecular weight is 289 g/mol. The molecule has 1 unspecified atom stereocenters. The van der Waals surface area contributed by atoms with Gasteiger partial charge in [-0.3, -0.25) is 4.79 Å².